The van der Waals surface area contributed by atoms with Crippen LogP contribution in [0.25, 0.3) is 0 Å². The molecule has 1 aliphatic heterocycles. The monoisotopic (exact) mass is 448 g/mol. The van der Waals surface area contributed by atoms with E-state index < -0.39 is 17.2 Å². The van der Waals surface area contributed by atoms with Crippen LogP contribution in [0, 0.1) is 11.8 Å². The van der Waals surface area contributed by atoms with E-state index in [0.717, 1.165) is 4.31 Å². The van der Waals surface area contributed by atoms with Gasteiger partial charge in [-0.3, -0.25) is 8.51 Å². The highest BCUT2D eigenvalue weighted by Gasteiger charge is 2.23. The summed E-state index contributed by atoms with van der Waals surface area (Å²) in [5, 5.41) is 0. The molecule has 8 heteroatoms. The summed E-state index contributed by atoms with van der Waals surface area (Å²) in [7, 11) is 1.32. The average Bonchev–Trinajstić information content (AvgIpc) is 2.83. The van der Waals surface area contributed by atoms with E-state index in [1.165, 1.54) is 7.11 Å². The van der Waals surface area contributed by atoms with Gasteiger partial charge in [-0.1, -0.05) is 30.0 Å². The fourth-order valence-corrected chi connectivity index (χ4v) is 3.84. The van der Waals surface area contributed by atoms with Crippen molar-refractivity contribution in [1.82, 2.24) is 0 Å². The van der Waals surface area contributed by atoms with E-state index in [2.05, 4.69) is 11.8 Å². The molecule has 1 atom stereocenters. The van der Waals surface area contributed by atoms with Crippen molar-refractivity contribution in [2.75, 3.05) is 24.6 Å². The van der Waals surface area contributed by atoms with Crippen LogP contribution in [-0.2, 0) is 16.0 Å². The molecule has 0 amide bonds. The zero-order valence-electron chi connectivity index (χ0n) is 17.1. The summed E-state index contributed by atoms with van der Waals surface area (Å²) in [6.45, 7) is 0.722. The van der Waals surface area contributed by atoms with Crippen molar-refractivity contribution in [1.29, 1.82) is 0 Å². The molecule has 3 aromatic carbocycles. The second kappa shape index (κ2) is 9.56. The third-order valence-corrected chi connectivity index (χ3v) is 5.38. The second-order valence-corrected chi connectivity index (χ2v) is 7.45. The molecule has 3 aromatic rings. The molecule has 0 aliphatic carbocycles. The average molecular weight is 448 g/mol. The predicted molar refractivity (Wildman–Crippen MR) is 119 cm³/mol. The maximum absolute atomic E-state index is 12.3. The number of para-hydroxylation sites is 2. The third kappa shape index (κ3) is 4.44. The molecule has 0 spiro atoms. The summed E-state index contributed by atoms with van der Waals surface area (Å²) in [6.07, 6.45) is 0. The van der Waals surface area contributed by atoms with E-state index >= 15 is 0 Å². The molecule has 0 N–H and O–H groups in total. The van der Waals surface area contributed by atoms with Gasteiger partial charge in [0.15, 0.2) is 11.5 Å². The Kier molecular flexibility index (Phi) is 6.40. The van der Waals surface area contributed by atoms with Crippen LogP contribution in [0.5, 0.6) is 11.5 Å². The van der Waals surface area contributed by atoms with Crippen molar-refractivity contribution in [3.63, 3.8) is 0 Å². The molecule has 0 bridgehead atoms. The molecular weight excluding hydrogens is 430 g/mol. The van der Waals surface area contributed by atoms with Crippen molar-refractivity contribution in [3.05, 3.63) is 83.4 Å². The number of hydrogen-bond acceptors (Lipinski definition) is 6. The van der Waals surface area contributed by atoms with E-state index in [1.54, 1.807) is 66.7 Å². The lowest BCUT2D eigenvalue weighted by molar-refractivity contribution is 0.0600. The Bertz CT molecular complexity index is 1230. The summed E-state index contributed by atoms with van der Waals surface area (Å²) in [5.74, 6) is 6.45. The number of rotatable bonds is 4. The number of anilines is 2. The van der Waals surface area contributed by atoms with Crippen LogP contribution in [0.15, 0.2) is 66.7 Å². The van der Waals surface area contributed by atoms with Crippen LogP contribution in [-0.4, -0.2) is 35.1 Å². The Morgan fingerprint density at radius 1 is 0.969 bits per heavy atom. The second-order valence-electron chi connectivity index (χ2n) is 6.65. The molecule has 0 radical (unpaired) electrons. The zero-order valence-corrected chi connectivity index (χ0v) is 17.9. The number of benzene rings is 3. The van der Waals surface area contributed by atoms with Gasteiger partial charge in [0.25, 0.3) is 0 Å². The van der Waals surface area contributed by atoms with Gasteiger partial charge in [-0.25, -0.2) is 4.79 Å². The molecule has 162 valence electrons. The molecule has 4 rings (SSSR count). The number of methoxy groups -OCH3 is 1. The lowest BCUT2D eigenvalue weighted by atomic mass is 10.1. The highest BCUT2D eigenvalue weighted by Crippen LogP contribution is 2.43. The molecular formula is C24H18NO6S-. The minimum absolute atomic E-state index is 0.326. The number of fused-ring (bicyclic) bond motifs is 1. The minimum Gasteiger partial charge on any atom is -0.755 e. The summed E-state index contributed by atoms with van der Waals surface area (Å²) < 4.78 is 41.7. The Hall–Kier alpha value is -3.80. The van der Waals surface area contributed by atoms with Crippen LogP contribution in [0.2, 0.25) is 0 Å². The van der Waals surface area contributed by atoms with Gasteiger partial charge < -0.3 is 18.8 Å². The maximum atomic E-state index is 12.3. The van der Waals surface area contributed by atoms with Crippen molar-refractivity contribution < 1.29 is 27.8 Å². The Morgan fingerprint density at radius 2 is 1.69 bits per heavy atom. The highest BCUT2D eigenvalue weighted by molar-refractivity contribution is 7.81. The van der Waals surface area contributed by atoms with Gasteiger partial charge in [-0.2, -0.15) is 0 Å². The number of nitrogens with zero attached hydrogens (tertiary/aromatic N) is 1. The fraction of sp³-hybridized carbons (Fsp3) is 0.125. The number of hydrogen-bond donors (Lipinski definition) is 0. The molecule has 1 aliphatic rings. The van der Waals surface area contributed by atoms with E-state index in [-0.39, 0.29) is 0 Å². The quantitative estimate of drug-likeness (QED) is 0.344. The molecule has 1 unspecified atom stereocenters. The molecule has 32 heavy (non-hydrogen) atoms. The molecule has 7 nitrogen and oxygen atoms in total. The van der Waals surface area contributed by atoms with Crippen LogP contribution < -0.4 is 13.8 Å². The zero-order chi connectivity index (χ0) is 22.5. The Balaban J connectivity index is 1.73. The van der Waals surface area contributed by atoms with Gasteiger partial charge in [0.05, 0.1) is 35.3 Å². The highest BCUT2D eigenvalue weighted by atomic mass is 32.2. The van der Waals surface area contributed by atoms with Crippen molar-refractivity contribution in [3.8, 4) is 23.3 Å². The predicted octanol–water partition coefficient (Wildman–Crippen LogP) is 3.58. The van der Waals surface area contributed by atoms with Crippen molar-refractivity contribution in [2.24, 2.45) is 0 Å². The standard InChI is InChI=1S/C24H19NO6S/c1-29-24(26)19-13-10-17(11-14-19)9-12-18-5-2-3-6-20(18)25(32(27)28)21-7-4-8-22-23(21)31-16-15-30-22/h2-8,10-11,13-14H,15-16H2,1H3,(H,27,28)/p-1. The van der Waals surface area contributed by atoms with E-state index in [1.807, 2.05) is 0 Å². The minimum atomic E-state index is -2.64. The summed E-state index contributed by atoms with van der Waals surface area (Å²) >= 11 is -2.64. The molecule has 0 fully saturated rings. The smallest absolute Gasteiger partial charge is 0.337 e. The first-order chi connectivity index (χ1) is 15.6. The van der Waals surface area contributed by atoms with Gasteiger partial charge in [0.1, 0.15) is 13.2 Å². The van der Waals surface area contributed by atoms with Crippen molar-refractivity contribution >= 4 is 28.6 Å². The third-order valence-electron chi connectivity index (χ3n) is 4.68. The fourth-order valence-electron chi connectivity index (χ4n) is 3.21. The summed E-state index contributed by atoms with van der Waals surface area (Å²) in [6, 6.07) is 18.6. The van der Waals surface area contributed by atoms with Crippen LogP contribution in [0.4, 0.5) is 11.4 Å². The first kappa shape index (κ1) is 21.4. The van der Waals surface area contributed by atoms with Gasteiger partial charge in [0, 0.05) is 11.1 Å². The summed E-state index contributed by atoms with van der Waals surface area (Å²) in [4.78, 5) is 11.6. The lowest BCUT2D eigenvalue weighted by Crippen LogP contribution is -2.23. The van der Waals surface area contributed by atoms with Gasteiger partial charge >= 0.3 is 5.97 Å². The number of esters is 1. The lowest BCUT2D eigenvalue weighted by Gasteiger charge is -2.31. The van der Waals surface area contributed by atoms with Crippen LogP contribution >= 0.6 is 0 Å². The van der Waals surface area contributed by atoms with Gasteiger partial charge in [0.2, 0.25) is 0 Å². The molecule has 0 aromatic heterocycles. The topological polar surface area (TPSA) is 88.1 Å². The Morgan fingerprint density at radius 3 is 2.44 bits per heavy atom. The van der Waals surface area contributed by atoms with Crippen molar-refractivity contribution in [2.45, 2.75) is 0 Å². The van der Waals surface area contributed by atoms with Crippen LogP contribution in [0.3, 0.4) is 0 Å². The molecule has 0 saturated heterocycles. The SMILES string of the molecule is COC(=O)c1ccc(C#Cc2ccccc2N(c2cccc3c2OCCO3)S(=O)[O-])cc1. The van der Waals surface area contributed by atoms with E-state index in [4.69, 9.17) is 14.2 Å². The Labute approximate surface area is 188 Å². The first-order valence-corrected chi connectivity index (χ1v) is 10.7. The molecule has 0 saturated carbocycles. The van der Waals surface area contributed by atoms with Gasteiger partial charge in [-0.05, 0) is 48.5 Å². The normalized spacial score (nSPS) is 12.8. The number of carbonyl (C=O) groups is 1. The number of carbonyl (C=O) groups excluding carboxylic acids is 1. The largest absolute Gasteiger partial charge is 0.755 e. The maximum Gasteiger partial charge on any atom is 0.337 e. The van der Waals surface area contributed by atoms with E-state index in [9.17, 15) is 13.6 Å². The summed E-state index contributed by atoms with van der Waals surface area (Å²) in [5.41, 5.74) is 2.30. The number of ether oxygens (including phenoxy) is 3. The van der Waals surface area contributed by atoms with Crippen LogP contribution in [0.1, 0.15) is 21.5 Å². The molecule has 1 heterocycles. The first-order valence-electron chi connectivity index (χ1n) is 9.66. The van der Waals surface area contributed by atoms with Gasteiger partial charge in [-0.15, -0.1) is 0 Å². The van der Waals surface area contributed by atoms with E-state index in [0.29, 0.717) is 52.8 Å².